The molecule has 1 aromatic carbocycles. The molecule has 2 N–H and O–H groups in total. The van der Waals surface area contributed by atoms with Crippen molar-refractivity contribution in [3.8, 4) is 0 Å². The Kier molecular flexibility index (Phi) is 2.34. The van der Waals surface area contributed by atoms with Crippen molar-refractivity contribution in [2.75, 3.05) is 5.32 Å². The van der Waals surface area contributed by atoms with Crippen LogP contribution in [0, 0.1) is 0 Å². The number of anilines is 1. The van der Waals surface area contributed by atoms with Gasteiger partial charge in [-0.25, -0.2) is 4.98 Å². The standard InChI is InChI=1S/C11H10N4O2/c16-11(10-12-6-13-15-10)14-9-2-1-7-4-17-5-8(7)3-9/h1-3,6H,4-5H2,(H,14,16)(H,12,13,15). The SMILES string of the molecule is O=C(Nc1ccc2c(c1)COC2)c1ncn[nH]1. The molecule has 0 saturated carbocycles. The van der Waals surface area contributed by atoms with Gasteiger partial charge in [-0.3, -0.25) is 9.89 Å². The zero-order valence-electron chi connectivity index (χ0n) is 8.93. The third kappa shape index (κ3) is 1.90. The Morgan fingerprint density at radius 2 is 2.24 bits per heavy atom. The summed E-state index contributed by atoms with van der Waals surface area (Å²) >= 11 is 0. The minimum Gasteiger partial charge on any atom is -0.372 e. The van der Waals surface area contributed by atoms with E-state index in [2.05, 4.69) is 20.5 Å². The lowest BCUT2D eigenvalue weighted by molar-refractivity contribution is 0.101. The van der Waals surface area contributed by atoms with Gasteiger partial charge >= 0.3 is 0 Å². The molecule has 1 aliphatic rings. The zero-order chi connectivity index (χ0) is 11.7. The maximum absolute atomic E-state index is 11.7. The van der Waals surface area contributed by atoms with E-state index in [9.17, 15) is 4.79 Å². The Balaban J connectivity index is 1.80. The van der Waals surface area contributed by atoms with Crippen LogP contribution in [0.5, 0.6) is 0 Å². The van der Waals surface area contributed by atoms with Gasteiger partial charge in [0.1, 0.15) is 6.33 Å². The minimum atomic E-state index is -0.304. The molecule has 0 spiro atoms. The summed E-state index contributed by atoms with van der Waals surface area (Å²) in [6.45, 7) is 1.24. The molecule has 6 heteroatoms. The second kappa shape index (κ2) is 3.99. The summed E-state index contributed by atoms with van der Waals surface area (Å²) < 4.78 is 5.31. The first-order valence-electron chi connectivity index (χ1n) is 5.19. The molecule has 2 aromatic rings. The third-order valence-electron chi connectivity index (χ3n) is 2.61. The van der Waals surface area contributed by atoms with Crippen LogP contribution >= 0.6 is 0 Å². The second-order valence-electron chi connectivity index (χ2n) is 3.76. The number of hydrogen-bond acceptors (Lipinski definition) is 4. The second-order valence-corrected chi connectivity index (χ2v) is 3.76. The molecule has 1 amide bonds. The molecule has 86 valence electrons. The maximum Gasteiger partial charge on any atom is 0.292 e. The fourth-order valence-corrected chi connectivity index (χ4v) is 1.75. The van der Waals surface area contributed by atoms with Crippen molar-refractivity contribution in [3.05, 3.63) is 41.5 Å². The predicted octanol–water partition coefficient (Wildman–Crippen LogP) is 1.09. The number of nitrogens with one attached hydrogen (secondary N) is 2. The van der Waals surface area contributed by atoms with Crippen LogP contribution in [0.1, 0.15) is 21.7 Å². The Bertz CT molecular complexity index is 551. The first-order valence-corrected chi connectivity index (χ1v) is 5.19. The first-order chi connectivity index (χ1) is 8.33. The molecule has 6 nitrogen and oxygen atoms in total. The van der Waals surface area contributed by atoms with Gasteiger partial charge in [0.2, 0.25) is 5.82 Å². The van der Waals surface area contributed by atoms with E-state index in [1.54, 1.807) is 0 Å². The highest BCUT2D eigenvalue weighted by Crippen LogP contribution is 2.23. The lowest BCUT2D eigenvalue weighted by Crippen LogP contribution is -2.13. The first kappa shape index (κ1) is 9.98. The number of amides is 1. The molecular formula is C11H10N4O2. The number of carbonyl (C=O) groups excluding carboxylic acids is 1. The van der Waals surface area contributed by atoms with Crippen molar-refractivity contribution in [1.29, 1.82) is 0 Å². The monoisotopic (exact) mass is 230 g/mol. The predicted molar refractivity (Wildman–Crippen MR) is 59.3 cm³/mol. The van der Waals surface area contributed by atoms with Crippen molar-refractivity contribution in [2.24, 2.45) is 0 Å². The number of aromatic nitrogens is 3. The van der Waals surface area contributed by atoms with Crippen LogP contribution in [0.2, 0.25) is 0 Å². The number of rotatable bonds is 2. The van der Waals surface area contributed by atoms with Crippen LogP contribution < -0.4 is 5.32 Å². The number of H-pyrrole nitrogens is 1. The van der Waals surface area contributed by atoms with Gasteiger partial charge in [0, 0.05) is 5.69 Å². The largest absolute Gasteiger partial charge is 0.372 e. The third-order valence-corrected chi connectivity index (χ3v) is 2.61. The summed E-state index contributed by atoms with van der Waals surface area (Å²) in [5.41, 5.74) is 3.01. The van der Waals surface area contributed by atoms with Crippen LogP contribution in [-0.4, -0.2) is 21.1 Å². The van der Waals surface area contributed by atoms with Crippen LogP contribution in [0.15, 0.2) is 24.5 Å². The van der Waals surface area contributed by atoms with Crippen molar-refractivity contribution in [3.63, 3.8) is 0 Å². The van der Waals surface area contributed by atoms with E-state index in [1.807, 2.05) is 18.2 Å². The highest BCUT2D eigenvalue weighted by atomic mass is 16.5. The molecule has 0 unspecified atom stereocenters. The molecule has 17 heavy (non-hydrogen) atoms. The fourth-order valence-electron chi connectivity index (χ4n) is 1.75. The van der Waals surface area contributed by atoms with Crippen molar-refractivity contribution < 1.29 is 9.53 Å². The molecule has 2 heterocycles. The average Bonchev–Trinajstić information content (AvgIpc) is 2.99. The number of hydrogen-bond donors (Lipinski definition) is 2. The molecule has 3 rings (SSSR count). The summed E-state index contributed by atoms with van der Waals surface area (Å²) in [4.78, 5) is 15.5. The summed E-state index contributed by atoms with van der Waals surface area (Å²) in [5.74, 6) is -0.108. The normalized spacial score (nSPS) is 13.4. The number of aromatic amines is 1. The lowest BCUT2D eigenvalue weighted by Gasteiger charge is -2.04. The number of fused-ring (bicyclic) bond motifs is 1. The lowest BCUT2D eigenvalue weighted by atomic mass is 10.1. The van der Waals surface area contributed by atoms with Crippen LogP contribution in [-0.2, 0) is 18.0 Å². The van der Waals surface area contributed by atoms with E-state index in [-0.39, 0.29) is 11.7 Å². The number of nitrogens with zero attached hydrogens (tertiary/aromatic N) is 2. The summed E-state index contributed by atoms with van der Waals surface area (Å²) in [7, 11) is 0. The molecule has 1 aromatic heterocycles. The zero-order valence-corrected chi connectivity index (χ0v) is 8.93. The van der Waals surface area contributed by atoms with Crippen LogP contribution in [0.25, 0.3) is 0 Å². The van der Waals surface area contributed by atoms with Gasteiger partial charge < -0.3 is 10.1 Å². The number of carbonyl (C=O) groups is 1. The van der Waals surface area contributed by atoms with Crippen molar-refractivity contribution in [2.45, 2.75) is 13.2 Å². The summed E-state index contributed by atoms with van der Waals surface area (Å²) in [6.07, 6.45) is 1.30. The van der Waals surface area contributed by atoms with E-state index < -0.39 is 0 Å². The summed E-state index contributed by atoms with van der Waals surface area (Å²) in [5, 5.41) is 8.88. The van der Waals surface area contributed by atoms with Crippen LogP contribution in [0.3, 0.4) is 0 Å². The molecule has 0 saturated heterocycles. The number of ether oxygens (including phenoxy) is 1. The smallest absolute Gasteiger partial charge is 0.292 e. The molecular weight excluding hydrogens is 220 g/mol. The van der Waals surface area contributed by atoms with E-state index in [1.165, 1.54) is 11.9 Å². The topological polar surface area (TPSA) is 79.9 Å². The number of benzene rings is 1. The van der Waals surface area contributed by atoms with E-state index in [0.717, 1.165) is 11.3 Å². The molecule has 0 bridgehead atoms. The highest BCUT2D eigenvalue weighted by Gasteiger charge is 2.13. The average molecular weight is 230 g/mol. The highest BCUT2D eigenvalue weighted by molar-refractivity contribution is 6.01. The van der Waals surface area contributed by atoms with Crippen LogP contribution in [0.4, 0.5) is 5.69 Å². The summed E-state index contributed by atoms with van der Waals surface area (Å²) in [6, 6.07) is 5.72. The van der Waals surface area contributed by atoms with E-state index in [4.69, 9.17) is 4.74 Å². The van der Waals surface area contributed by atoms with Gasteiger partial charge in [-0.15, -0.1) is 0 Å². The van der Waals surface area contributed by atoms with E-state index >= 15 is 0 Å². The Morgan fingerprint density at radius 3 is 3.06 bits per heavy atom. The van der Waals surface area contributed by atoms with Gasteiger partial charge in [-0.05, 0) is 23.3 Å². The Labute approximate surface area is 97.0 Å². The molecule has 1 aliphatic heterocycles. The maximum atomic E-state index is 11.7. The van der Waals surface area contributed by atoms with Crippen molar-refractivity contribution >= 4 is 11.6 Å². The van der Waals surface area contributed by atoms with Gasteiger partial charge in [0.15, 0.2) is 0 Å². The quantitative estimate of drug-likeness (QED) is 0.809. The Hall–Kier alpha value is -2.21. The van der Waals surface area contributed by atoms with Gasteiger partial charge in [-0.1, -0.05) is 6.07 Å². The molecule has 0 atom stereocenters. The minimum absolute atomic E-state index is 0.196. The molecule has 0 radical (unpaired) electrons. The molecule has 0 fully saturated rings. The van der Waals surface area contributed by atoms with Crippen molar-refractivity contribution in [1.82, 2.24) is 15.2 Å². The molecule has 0 aliphatic carbocycles. The van der Waals surface area contributed by atoms with Gasteiger partial charge in [0.05, 0.1) is 13.2 Å². The van der Waals surface area contributed by atoms with Gasteiger partial charge in [-0.2, -0.15) is 5.10 Å². The fraction of sp³-hybridized carbons (Fsp3) is 0.182. The Morgan fingerprint density at radius 1 is 1.35 bits per heavy atom. The van der Waals surface area contributed by atoms with E-state index in [0.29, 0.717) is 13.2 Å². The van der Waals surface area contributed by atoms with Gasteiger partial charge in [0.25, 0.3) is 5.91 Å².